The molecular formula is C27H28N8O. The van der Waals surface area contributed by atoms with Crippen LogP contribution in [0.25, 0.3) is 11.4 Å². The highest BCUT2D eigenvalue weighted by molar-refractivity contribution is 6.04. The van der Waals surface area contributed by atoms with Crippen LogP contribution in [0.5, 0.6) is 0 Å². The fourth-order valence-electron chi connectivity index (χ4n) is 3.88. The smallest absolute Gasteiger partial charge is 0.255 e. The van der Waals surface area contributed by atoms with Crippen LogP contribution in [0.15, 0.2) is 72.9 Å². The topological polar surface area (TPSA) is 99.2 Å². The van der Waals surface area contributed by atoms with Crippen molar-refractivity contribution in [3.05, 3.63) is 84.1 Å². The number of aryl methyl sites for hydroxylation is 1. The maximum atomic E-state index is 12.8. The Labute approximate surface area is 210 Å². The maximum Gasteiger partial charge on any atom is 0.255 e. The molecule has 0 aliphatic carbocycles. The van der Waals surface area contributed by atoms with Crippen LogP contribution in [-0.4, -0.2) is 64.0 Å². The van der Waals surface area contributed by atoms with E-state index in [1.54, 1.807) is 18.3 Å². The summed E-state index contributed by atoms with van der Waals surface area (Å²) in [5.74, 6) is 1.83. The number of nitrogens with one attached hydrogen (secondary N) is 2. The molecule has 9 nitrogen and oxygen atoms in total. The molecule has 3 heterocycles. The van der Waals surface area contributed by atoms with Gasteiger partial charge in [0, 0.05) is 49.2 Å². The van der Waals surface area contributed by atoms with Gasteiger partial charge in [0.1, 0.15) is 5.82 Å². The summed E-state index contributed by atoms with van der Waals surface area (Å²) in [6.07, 6.45) is 1.59. The standard InChI is InChI=1S/C27H28N8O/c1-19-8-10-20(11-9-19)24-31-26(33-27(32-24)35-16-14-34(2)15-17-35)30-23-18-21(12-13-28-23)25(36)29-22-6-4-3-5-7-22/h3-13,18H,14-17H2,1-2H3,(H,29,36)(H,28,30,31,32,33). The number of carbonyl (C=O) groups is 1. The molecule has 2 N–H and O–H groups in total. The number of hydrogen-bond donors (Lipinski definition) is 2. The van der Waals surface area contributed by atoms with Crippen molar-refractivity contribution in [2.24, 2.45) is 0 Å². The Morgan fingerprint density at radius 2 is 1.64 bits per heavy atom. The van der Waals surface area contributed by atoms with E-state index in [0.29, 0.717) is 29.1 Å². The van der Waals surface area contributed by atoms with E-state index in [-0.39, 0.29) is 5.91 Å². The van der Waals surface area contributed by atoms with Crippen molar-refractivity contribution in [1.29, 1.82) is 0 Å². The van der Waals surface area contributed by atoms with E-state index >= 15 is 0 Å². The zero-order valence-corrected chi connectivity index (χ0v) is 20.3. The average molecular weight is 481 g/mol. The molecule has 36 heavy (non-hydrogen) atoms. The fourth-order valence-corrected chi connectivity index (χ4v) is 3.88. The molecule has 1 aliphatic rings. The number of amides is 1. The second-order valence-electron chi connectivity index (χ2n) is 8.81. The second kappa shape index (κ2) is 10.5. The Morgan fingerprint density at radius 3 is 2.39 bits per heavy atom. The monoisotopic (exact) mass is 480 g/mol. The first-order chi connectivity index (χ1) is 17.5. The quantitative estimate of drug-likeness (QED) is 0.427. The summed E-state index contributed by atoms with van der Waals surface area (Å²) in [6.45, 7) is 5.59. The molecule has 1 saturated heterocycles. The van der Waals surface area contributed by atoms with Gasteiger partial charge in [0.15, 0.2) is 5.82 Å². The Morgan fingerprint density at radius 1 is 0.889 bits per heavy atom. The summed E-state index contributed by atoms with van der Waals surface area (Å²) in [5.41, 5.74) is 3.28. The van der Waals surface area contributed by atoms with Crippen LogP contribution >= 0.6 is 0 Å². The first-order valence-corrected chi connectivity index (χ1v) is 11.9. The van der Waals surface area contributed by atoms with E-state index in [9.17, 15) is 4.79 Å². The number of carbonyl (C=O) groups excluding carboxylic acids is 1. The number of nitrogens with zero attached hydrogens (tertiary/aromatic N) is 6. The van der Waals surface area contributed by atoms with E-state index < -0.39 is 0 Å². The van der Waals surface area contributed by atoms with Crippen LogP contribution in [0, 0.1) is 6.92 Å². The van der Waals surface area contributed by atoms with E-state index in [4.69, 9.17) is 9.97 Å². The lowest BCUT2D eigenvalue weighted by molar-refractivity contribution is 0.102. The van der Waals surface area contributed by atoms with Gasteiger partial charge in [0.25, 0.3) is 5.91 Å². The number of pyridine rings is 1. The average Bonchev–Trinajstić information content (AvgIpc) is 2.90. The number of aromatic nitrogens is 4. The third-order valence-electron chi connectivity index (χ3n) is 6.01. The second-order valence-corrected chi connectivity index (χ2v) is 8.81. The van der Waals surface area contributed by atoms with Crippen LogP contribution in [0.3, 0.4) is 0 Å². The molecule has 0 radical (unpaired) electrons. The minimum atomic E-state index is -0.222. The van der Waals surface area contributed by atoms with E-state index in [1.807, 2.05) is 61.5 Å². The van der Waals surface area contributed by atoms with Crippen molar-refractivity contribution in [2.75, 3.05) is 48.8 Å². The maximum absolute atomic E-state index is 12.8. The lowest BCUT2D eigenvalue weighted by atomic mass is 10.1. The molecule has 0 bridgehead atoms. The first-order valence-electron chi connectivity index (χ1n) is 11.9. The molecule has 0 spiro atoms. The minimum absolute atomic E-state index is 0.222. The van der Waals surface area contributed by atoms with Gasteiger partial charge in [0.05, 0.1) is 0 Å². The summed E-state index contributed by atoms with van der Waals surface area (Å²) in [5, 5.41) is 6.08. The normalized spacial score (nSPS) is 13.9. The lowest BCUT2D eigenvalue weighted by Crippen LogP contribution is -2.45. The molecule has 9 heteroatoms. The van der Waals surface area contributed by atoms with Gasteiger partial charge in [-0.05, 0) is 38.2 Å². The van der Waals surface area contributed by atoms with Gasteiger partial charge in [-0.15, -0.1) is 0 Å². The largest absolute Gasteiger partial charge is 0.338 e. The molecule has 182 valence electrons. The summed E-state index contributed by atoms with van der Waals surface area (Å²) in [7, 11) is 2.11. The van der Waals surface area contributed by atoms with Gasteiger partial charge in [-0.3, -0.25) is 4.79 Å². The Kier molecular flexibility index (Phi) is 6.81. The third kappa shape index (κ3) is 5.64. The Balaban J connectivity index is 1.42. The number of rotatable bonds is 6. The SMILES string of the molecule is Cc1ccc(-c2nc(Nc3cc(C(=O)Nc4ccccc4)ccn3)nc(N3CCN(C)CC3)n2)cc1. The van der Waals surface area contributed by atoms with E-state index in [0.717, 1.165) is 37.4 Å². The van der Waals surface area contributed by atoms with Gasteiger partial charge in [-0.25, -0.2) is 4.98 Å². The van der Waals surface area contributed by atoms with Gasteiger partial charge in [-0.1, -0.05) is 48.0 Å². The number of benzene rings is 2. The highest BCUT2D eigenvalue weighted by Gasteiger charge is 2.19. The Hall–Kier alpha value is -4.37. The molecular weight excluding hydrogens is 452 g/mol. The molecule has 2 aromatic heterocycles. The summed E-state index contributed by atoms with van der Waals surface area (Å²) in [6, 6.07) is 20.8. The molecule has 1 fully saturated rings. The fraction of sp³-hybridized carbons (Fsp3) is 0.222. The van der Waals surface area contributed by atoms with Crippen molar-refractivity contribution >= 4 is 29.3 Å². The van der Waals surface area contributed by atoms with Crippen molar-refractivity contribution in [3.63, 3.8) is 0 Å². The molecule has 0 saturated carbocycles. The van der Waals surface area contributed by atoms with Crippen LogP contribution in [0.4, 0.5) is 23.4 Å². The number of likely N-dealkylation sites (N-methyl/N-ethyl adjacent to an activating group) is 1. The predicted octanol–water partition coefficient (Wildman–Crippen LogP) is 3.99. The number of anilines is 4. The number of hydrogen-bond acceptors (Lipinski definition) is 8. The lowest BCUT2D eigenvalue weighted by Gasteiger charge is -2.32. The van der Waals surface area contributed by atoms with E-state index in [2.05, 4.69) is 37.4 Å². The number of para-hydroxylation sites is 1. The van der Waals surface area contributed by atoms with Gasteiger partial charge < -0.3 is 20.4 Å². The van der Waals surface area contributed by atoms with Gasteiger partial charge in [0.2, 0.25) is 11.9 Å². The molecule has 2 aromatic carbocycles. The van der Waals surface area contributed by atoms with Gasteiger partial charge >= 0.3 is 0 Å². The summed E-state index contributed by atoms with van der Waals surface area (Å²) in [4.78, 5) is 35.7. The zero-order chi connectivity index (χ0) is 24.9. The summed E-state index contributed by atoms with van der Waals surface area (Å²) < 4.78 is 0. The van der Waals surface area contributed by atoms with Crippen molar-refractivity contribution in [3.8, 4) is 11.4 Å². The van der Waals surface area contributed by atoms with Crippen LogP contribution in [0.1, 0.15) is 15.9 Å². The molecule has 1 aliphatic heterocycles. The van der Waals surface area contributed by atoms with Crippen LogP contribution < -0.4 is 15.5 Å². The summed E-state index contributed by atoms with van der Waals surface area (Å²) >= 11 is 0. The molecule has 0 atom stereocenters. The molecule has 5 rings (SSSR count). The van der Waals surface area contributed by atoms with Crippen molar-refractivity contribution in [1.82, 2.24) is 24.8 Å². The van der Waals surface area contributed by atoms with Crippen molar-refractivity contribution < 1.29 is 4.79 Å². The van der Waals surface area contributed by atoms with Crippen LogP contribution in [-0.2, 0) is 0 Å². The van der Waals surface area contributed by atoms with Gasteiger partial charge in [-0.2, -0.15) is 15.0 Å². The van der Waals surface area contributed by atoms with Crippen molar-refractivity contribution in [2.45, 2.75) is 6.92 Å². The highest BCUT2D eigenvalue weighted by Crippen LogP contribution is 2.23. The highest BCUT2D eigenvalue weighted by atomic mass is 16.1. The molecule has 1 amide bonds. The predicted molar refractivity (Wildman–Crippen MR) is 142 cm³/mol. The first kappa shape index (κ1) is 23.4. The van der Waals surface area contributed by atoms with E-state index in [1.165, 1.54) is 5.56 Å². The Bertz CT molecular complexity index is 1340. The third-order valence-corrected chi connectivity index (χ3v) is 6.01. The number of piperazine rings is 1. The minimum Gasteiger partial charge on any atom is -0.338 e. The zero-order valence-electron chi connectivity index (χ0n) is 20.3. The molecule has 0 unspecified atom stereocenters. The van der Waals surface area contributed by atoms with Crippen LogP contribution in [0.2, 0.25) is 0 Å². The molecule has 4 aromatic rings.